The first-order valence-corrected chi connectivity index (χ1v) is 5.91. The zero-order chi connectivity index (χ0) is 11.5. The fourth-order valence-corrected chi connectivity index (χ4v) is 1.23. The van der Waals surface area contributed by atoms with Gasteiger partial charge in [-0.25, -0.2) is 0 Å². The molecular formula is C9H17BrN2O3. The number of ether oxygens (including phenoxy) is 1. The third-order valence-electron chi connectivity index (χ3n) is 1.62. The first kappa shape index (κ1) is 14.4. The Morgan fingerprint density at radius 1 is 1.13 bits per heavy atom. The van der Waals surface area contributed by atoms with E-state index in [-0.39, 0.29) is 11.8 Å². The molecule has 0 saturated heterocycles. The van der Waals surface area contributed by atoms with E-state index < -0.39 is 0 Å². The molecule has 0 aliphatic carbocycles. The van der Waals surface area contributed by atoms with Crippen LogP contribution in [-0.4, -0.2) is 44.0 Å². The van der Waals surface area contributed by atoms with Crippen molar-refractivity contribution in [2.24, 2.45) is 0 Å². The summed E-state index contributed by atoms with van der Waals surface area (Å²) in [5.74, 6) is -0.122. The smallest absolute Gasteiger partial charge is 0.221 e. The lowest BCUT2D eigenvalue weighted by Crippen LogP contribution is -2.32. The van der Waals surface area contributed by atoms with Gasteiger partial charge in [-0.2, -0.15) is 0 Å². The van der Waals surface area contributed by atoms with Gasteiger partial charge in [0.25, 0.3) is 0 Å². The molecule has 0 radical (unpaired) electrons. The van der Waals surface area contributed by atoms with E-state index in [2.05, 4.69) is 26.6 Å². The van der Waals surface area contributed by atoms with E-state index >= 15 is 0 Å². The standard InChI is InChI=1S/C9H17BrN2O3/c1-15-7-6-12-9(14)3-5-11-8(13)2-4-10/h2-7H2,1H3,(H,11,13)(H,12,14). The minimum atomic E-state index is -0.0776. The van der Waals surface area contributed by atoms with Gasteiger partial charge in [0, 0.05) is 38.4 Å². The molecule has 0 spiro atoms. The molecule has 5 nitrogen and oxygen atoms in total. The maximum Gasteiger partial charge on any atom is 0.221 e. The number of carbonyl (C=O) groups is 2. The lowest BCUT2D eigenvalue weighted by atomic mass is 10.3. The third-order valence-corrected chi connectivity index (χ3v) is 2.02. The Morgan fingerprint density at radius 2 is 1.73 bits per heavy atom. The molecule has 0 aromatic rings. The molecule has 0 aromatic heterocycles. The van der Waals surface area contributed by atoms with Crippen LogP contribution in [0, 0.1) is 0 Å². The Kier molecular flexibility index (Phi) is 9.51. The summed E-state index contributed by atoms with van der Waals surface area (Å²) in [7, 11) is 1.58. The quantitative estimate of drug-likeness (QED) is 0.487. The van der Waals surface area contributed by atoms with E-state index in [1.54, 1.807) is 7.11 Å². The SMILES string of the molecule is COCCNC(=O)CCNC(=O)CCBr. The Bertz CT molecular complexity index is 200. The fourth-order valence-electron chi connectivity index (χ4n) is 0.871. The zero-order valence-corrected chi connectivity index (χ0v) is 10.4. The Morgan fingerprint density at radius 3 is 2.33 bits per heavy atom. The van der Waals surface area contributed by atoms with Gasteiger partial charge >= 0.3 is 0 Å². The molecule has 0 atom stereocenters. The molecule has 0 unspecified atom stereocenters. The van der Waals surface area contributed by atoms with Crippen molar-refractivity contribution in [1.29, 1.82) is 0 Å². The van der Waals surface area contributed by atoms with Gasteiger partial charge in [0.2, 0.25) is 11.8 Å². The predicted octanol–water partition coefficient (Wildman–Crippen LogP) is 0.0403. The van der Waals surface area contributed by atoms with Crippen molar-refractivity contribution in [1.82, 2.24) is 10.6 Å². The molecule has 15 heavy (non-hydrogen) atoms. The minimum absolute atomic E-state index is 0.0448. The van der Waals surface area contributed by atoms with Crippen molar-refractivity contribution in [2.45, 2.75) is 12.8 Å². The molecule has 0 bridgehead atoms. The van der Waals surface area contributed by atoms with Crippen LogP contribution in [0.15, 0.2) is 0 Å². The van der Waals surface area contributed by atoms with Crippen molar-refractivity contribution in [3.8, 4) is 0 Å². The average molecular weight is 281 g/mol. The van der Waals surface area contributed by atoms with E-state index in [1.165, 1.54) is 0 Å². The van der Waals surface area contributed by atoms with Crippen LogP contribution in [0.1, 0.15) is 12.8 Å². The summed E-state index contributed by atoms with van der Waals surface area (Å²) < 4.78 is 4.78. The molecule has 88 valence electrons. The summed E-state index contributed by atoms with van der Waals surface area (Å²) in [5.41, 5.74) is 0. The van der Waals surface area contributed by atoms with Crippen LogP contribution in [0.5, 0.6) is 0 Å². The molecule has 0 heterocycles. The number of amides is 2. The summed E-state index contributed by atoms with van der Waals surface area (Å²) in [4.78, 5) is 22.1. The van der Waals surface area contributed by atoms with Crippen molar-refractivity contribution in [2.75, 3.05) is 32.1 Å². The topological polar surface area (TPSA) is 67.4 Å². The van der Waals surface area contributed by atoms with Gasteiger partial charge in [0.1, 0.15) is 0 Å². The van der Waals surface area contributed by atoms with E-state index in [9.17, 15) is 9.59 Å². The van der Waals surface area contributed by atoms with Gasteiger partial charge in [0.15, 0.2) is 0 Å². The van der Waals surface area contributed by atoms with Gasteiger partial charge in [-0.3, -0.25) is 9.59 Å². The Hall–Kier alpha value is -0.620. The molecule has 0 aliphatic rings. The molecule has 0 rings (SSSR count). The van der Waals surface area contributed by atoms with Gasteiger partial charge in [-0.15, -0.1) is 0 Å². The number of rotatable bonds is 8. The maximum atomic E-state index is 11.1. The van der Waals surface area contributed by atoms with Gasteiger partial charge in [-0.1, -0.05) is 15.9 Å². The molecule has 0 fully saturated rings. The maximum absolute atomic E-state index is 11.1. The molecule has 0 aromatic carbocycles. The summed E-state index contributed by atoms with van der Waals surface area (Å²) in [6.07, 6.45) is 0.739. The predicted molar refractivity (Wildman–Crippen MR) is 60.9 cm³/mol. The Labute approximate surface area is 98.1 Å². The number of alkyl halides is 1. The van der Waals surface area contributed by atoms with E-state index in [4.69, 9.17) is 4.74 Å². The van der Waals surface area contributed by atoms with Crippen LogP contribution in [0.4, 0.5) is 0 Å². The number of nitrogens with one attached hydrogen (secondary N) is 2. The lowest BCUT2D eigenvalue weighted by Gasteiger charge is -2.05. The zero-order valence-electron chi connectivity index (χ0n) is 8.85. The molecule has 0 aliphatic heterocycles. The number of carbonyl (C=O) groups excluding carboxylic acids is 2. The number of hydrogen-bond donors (Lipinski definition) is 2. The van der Waals surface area contributed by atoms with Crippen molar-refractivity contribution < 1.29 is 14.3 Å². The average Bonchev–Trinajstić information content (AvgIpc) is 2.18. The second-order valence-corrected chi connectivity index (χ2v) is 3.67. The minimum Gasteiger partial charge on any atom is -0.383 e. The highest BCUT2D eigenvalue weighted by Crippen LogP contribution is 1.87. The van der Waals surface area contributed by atoms with Crippen molar-refractivity contribution in [3.63, 3.8) is 0 Å². The molecule has 0 saturated carbocycles. The van der Waals surface area contributed by atoms with Gasteiger partial charge in [0.05, 0.1) is 6.61 Å². The van der Waals surface area contributed by atoms with Crippen LogP contribution in [-0.2, 0) is 14.3 Å². The molecule has 2 amide bonds. The van der Waals surface area contributed by atoms with Crippen molar-refractivity contribution in [3.05, 3.63) is 0 Å². The van der Waals surface area contributed by atoms with Crippen LogP contribution in [0.25, 0.3) is 0 Å². The summed E-state index contributed by atoms with van der Waals surface area (Å²) in [5, 5.41) is 5.95. The number of halogens is 1. The number of methoxy groups -OCH3 is 1. The highest BCUT2D eigenvalue weighted by molar-refractivity contribution is 9.09. The normalized spacial score (nSPS) is 9.73. The van der Waals surface area contributed by atoms with E-state index in [0.29, 0.717) is 37.9 Å². The fraction of sp³-hybridized carbons (Fsp3) is 0.778. The third kappa shape index (κ3) is 9.68. The number of hydrogen-bond acceptors (Lipinski definition) is 3. The highest BCUT2D eigenvalue weighted by Gasteiger charge is 2.02. The van der Waals surface area contributed by atoms with Crippen molar-refractivity contribution >= 4 is 27.7 Å². The van der Waals surface area contributed by atoms with Crippen LogP contribution in [0.2, 0.25) is 0 Å². The second-order valence-electron chi connectivity index (χ2n) is 2.88. The van der Waals surface area contributed by atoms with E-state index in [1.807, 2.05) is 0 Å². The van der Waals surface area contributed by atoms with Crippen LogP contribution >= 0.6 is 15.9 Å². The molecular weight excluding hydrogens is 264 g/mol. The Balaban J connectivity index is 3.34. The van der Waals surface area contributed by atoms with Crippen LogP contribution < -0.4 is 10.6 Å². The monoisotopic (exact) mass is 280 g/mol. The summed E-state index contributed by atoms with van der Waals surface area (Å²) >= 11 is 3.16. The van der Waals surface area contributed by atoms with Gasteiger partial charge in [-0.05, 0) is 0 Å². The van der Waals surface area contributed by atoms with Gasteiger partial charge < -0.3 is 15.4 Å². The summed E-state index contributed by atoms with van der Waals surface area (Å²) in [6, 6.07) is 0. The molecule has 6 heteroatoms. The van der Waals surface area contributed by atoms with Crippen LogP contribution in [0.3, 0.4) is 0 Å². The molecule has 2 N–H and O–H groups in total. The highest BCUT2D eigenvalue weighted by atomic mass is 79.9. The largest absolute Gasteiger partial charge is 0.383 e. The van der Waals surface area contributed by atoms with E-state index in [0.717, 1.165) is 0 Å². The first-order valence-electron chi connectivity index (χ1n) is 4.79. The second kappa shape index (κ2) is 9.92. The lowest BCUT2D eigenvalue weighted by molar-refractivity contribution is -0.122. The first-order chi connectivity index (χ1) is 7.20. The summed E-state index contributed by atoms with van der Waals surface area (Å²) in [6.45, 7) is 1.39.